The minimum absolute atomic E-state index is 0.0944. The highest BCUT2D eigenvalue weighted by Crippen LogP contribution is 2.15. The van der Waals surface area contributed by atoms with Gasteiger partial charge in [-0.05, 0) is 42.8 Å². The molecule has 16 heavy (non-hydrogen) atoms. The van der Waals surface area contributed by atoms with Gasteiger partial charge in [-0.2, -0.15) is 0 Å². The third-order valence-electron chi connectivity index (χ3n) is 2.40. The van der Waals surface area contributed by atoms with E-state index < -0.39 is 0 Å². The lowest BCUT2D eigenvalue weighted by atomic mass is 10.1. The van der Waals surface area contributed by atoms with Gasteiger partial charge in [-0.1, -0.05) is 0 Å². The number of nitrogens with zero attached hydrogens (tertiary/aromatic N) is 1. The van der Waals surface area contributed by atoms with E-state index in [2.05, 4.69) is 21.2 Å². The number of amides is 1. The first kappa shape index (κ1) is 13.3. The lowest BCUT2D eigenvalue weighted by Crippen LogP contribution is -2.49. The fraction of sp³-hybridized carbons (Fsp3) is 0.545. The summed E-state index contributed by atoms with van der Waals surface area (Å²) in [6.07, 6.45) is 1.89. The molecule has 0 atom stereocenters. The van der Waals surface area contributed by atoms with E-state index in [-0.39, 0.29) is 11.4 Å². The highest BCUT2D eigenvalue weighted by molar-refractivity contribution is 9.10. The number of carbonyl (C=O) groups excluding carboxylic acids is 1. The SMILES string of the molecule is CCn1cc(Br)cc1C(=O)NC(C)(C)CN. The van der Waals surface area contributed by atoms with Gasteiger partial charge in [-0.3, -0.25) is 4.79 Å². The van der Waals surface area contributed by atoms with Crippen molar-refractivity contribution in [3.05, 3.63) is 22.4 Å². The van der Waals surface area contributed by atoms with Gasteiger partial charge in [-0.15, -0.1) is 0 Å². The second kappa shape index (κ2) is 5.01. The topological polar surface area (TPSA) is 60.0 Å². The van der Waals surface area contributed by atoms with Crippen LogP contribution in [0.3, 0.4) is 0 Å². The van der Waals surface area contributed by atoms with Crippen molar-refractivity contribution in [2.24, 2.45) is 5.73 Å². The number of aryl methyl sites for hydroxylation is 1. The molecule has 0 fully saturated rings. The zero-order valence-electron chi connectivity index (χ0n) is 9.88. The van der Waals surface area contributed by atoms with E-state index in [9.17, 15) is 4.79 Å². The Morgan fingerprint density at radius 2 is 2.25 bits per heavy atom. The Balaban J connectivity index is 2.88. The van der Waals surface area contributed by atoms with Crippen molar-refractivity contribution in [2.75, 3.05) is 6.54 Å². The first-order valence-corrected chi connectivity index (χ1v) is 6.07. The Bertz CT molecular complexity index is 385. The van der Waals surface area contributed by atoms with E-state index in [0.717, 1.165) is 11.0 Å². The predicted molar refractivity (Wildman–Crippen MR) is 68.4 cm³/mol. The van der Waals surface area contributed by atoms with Crippen molar-refractivity contribution in [1.82, 2.24) is 9.88 Å². The van der Waals surface area contributed by atoms with Crippen molar-refractivity contribution in [3.63, 3.8) is 0 Å². The minimum atomic E-state index is -0.383. The monoisotopic (exact) mass is 287 g/mol. The number of nitrogens with one attached hydrogen (secondary N) is 1. The molecule has 0 aromatic carbocycles. The van der Waals surface area contributed by atoms with Crippen molar-refractivity contribution >= 4 is 21.8 Å². The van der Waals surface area contributed by atoms with Crippen LogP contribution in [0.2, 0.25) is 0 Å². The second-order valence-corrected chi connectivity index (χ2v) is 5.29. The van der Waals surface area contributed by atoms with Crippen LogP contribution in [0.25, 0.3) is 0 Å². The Hall–Kier alpha value is -0.810. The van der Waals surface area contributed by atoms with E-state index >= 15 is 0 Å². The fourth-order valence-corrected chi connectivity index (χ4v) is 1.81. The molecule has 0 radical (unpaired) electrons. The molecule has 0 unspecified atom stereocenters. The van der Waals surface area contributed by atoms with E-state index in [1.807, 2.05) is 37.6 Å². The summed E-state index contributed by atoms with van der Waals surface area (Å²) in [5, 5.41) is 2.90. The van der Waals surface area contributed by atoms with Crippen LogP contribution in [-0.4, -0.2) is 22.6 Å². The van der Waals surface area contributed by atoms with Crippen LogP contribution >= 0.6 is 15.9 Å². The van der Waals surface area contributed by atoms with E-state index in [4.69, 9.17) is 5.73 Å². The summed E-state index contributed by atoms with van der Waals surface area (Å²) in [6.45, 7) is 6.97. The van der Waals surface area contributed by atoms with Gasteiger partial charge >= 0.3 is 0 Å². The summed E-state index contributed by atoms with van der Waals surface area (Å²) in [7, 11) is 0. The molecule has 1 heterocycles. The second-order valence-electron chi connectivity index (χ2n) is 4.37. The number of rotatable bonds is 4. The van der Waals surface area contributed by atoms with Crippen LogP contribution < -0.4 is 11.1 Å². The normalized spacial score (nSPS) is 11.6. The molecule has 0 saturated carbocycles. The van der Waals surface area contributed by atoms with Crippen LogP contribution in [-0.2, 0) is 6.54 Å². The van der Waals surface area contributed by atoms with Gasteiger partial charge in [0.15, 0.2) is 0 Å². The van der Waals surface area contributed by atoms with Gasteiger partial charge in [0.1, 0.15) is 5.69 Å². The summed E-state index contributed by atoms with van der Waals surface area (Å²) in [5.41, 5.74) is 5.84. The van der Waals surface area contributed by atoms with Gasteiger partial charge in [0.2, 0.25) is 0 Å². The zero-order chi connectivity index (χ0) is 12.3. The smallest absolute Gasteiger partial charge is 0.268 e. The highest BCUT2D eigenvalue weighted by Gasteiger charge is 2.21. The summed E-state index contributed by atoms with van der Waals surface area (Å²) < 4.78 is 2.80. The maximum atomic E-state index is 12.0. The number of halogens is 1. The molecule has 90 valence electrons. The summed E-state index contributed by atoms with van der Waals surface area (Å²) in [4.78, 5) is 12.0. The lowest BCUT2D eigenvalue weighted by Gasteiger charge is -2.24. The molecule has 1 amide bonds. The minimum Gasteiger partial charge on any atom is -0.345 e. The molecule has 0 aliphatic carbocycles. The number of nitrogens with two attached hydrogens (primary N) is 1. The van der Waals surface area contributed by atoms with Crippen molar-refractivity contribution in [1.29, 1.82) is 0 Å². The summed E-state index contributed by atoms with van der Waals surface area (Å²) in [5.74, 6) is -0.0944. The van der Waals surface area contributed by atoms with Gasteiger partial charge in [0.25, 0.3) is 5.91 Å². The van der Waals surface area contributed by atoms with Crippen LogP contribution in [0.1, 0.15) is 31.3 Å². The molecule has 3 N–H and O–H groups in total. The van der Waals surface area contributed by atoms with Crippen LogP contribution in [0, 0.1) is 0 Å². The van der Waals surface area contributed by atoms with Crippen molar-refractivity contribution in [2.45, 2.75) is 32.9 Å². The standard InChI is InChI=1S/C11H18BrN3O/c1-4-15-6-8(12)5-9(15)10(16)14-11(2,3)7-13/h5-6H,4,7,13H2,1-3H3,(H,14,16). The molecule has 0 spiro atoms. The number of hydrogen-bond acceptors (Lipinski definition) is 2. The first-order valence-electron chi connectivity index (χ1n) is 5.28. The largest absolute Gasteiger partial charge is 0.345 e. The summed E-state index contributed by atoms with van der Waals surface area (Å²) in [6, 6.07) is 1.81. The molecule has 0 aliphatic rings. The van der Waals surface area contributed by atoms with Crippen LogP contribution in [0.4, 0.5) is 0 Å². The molecule has 0 saturated heterocycles. The number of aromatic nitrogens is 1. The number of hydrogen-bond donors (Lipinski definition) is 2. The van der Waals surface area contributed by atoms with Gasteiger partial charge in [0, 0.05) is 29.3 Å². The molecule has 1 rings (SSSR count). The zero-order valence-corrected chi connectivity index (χ0v) is 11.5. The van der Waals surface area contributed by atoms with Crippen LogP contribution in [0.15, 0.2) is 16.7 Å². The maximum Gasteiger partial charge on any atom is 0.268 e. The molecular formula is C11H18BrN3O. The number of carbonyl (C=O) groups is 1. The third kappa shape index (κ3) is 3.09. The van der Waals surface area contributed by atoms with Crippen LogP contribution in [0.5, 0.6) is 0 Å². The third-order valence-corrected chi connectivity index (χ3v) is 2.83. The Labute approximate surface area is 104 Å². The van der Waals surface area contributed by atoms with E-state index in [1.165, 1.54) is 0 Å². The quantitative estimate of drug-likeness (QED) is 0.886. The van der Waals surface area contributed by atoms with Crippen molar-refractivity contribution < 1.29 is 4.79 Å². The first-order chi connectivity index (χ1) is 7.39. The van der Waals surface area contributed by atoms with Gasteiger partial charge in [0.05, 0.1) is 0 Å². The molecule has 0 aliphatic heterocycles. The van der Waals surface area contributed by atoms with Gasteiger partial charge < -0.3 is 15.6 Å². The van der Waals surface area contributed by atoms with E-state index in [1.54, 1.807) is 0 Å². The molecule has 1 aromatic heterocycles. The highest BCUT2D eigenvalue weighted by atomic mass is 79.9. The lowest BCUT2D eigenvalue weighted by molar-refractivity contribution is 0.0906. The Morgan fingerprint density at radius 3 is 2.75 bits per heavy atom. The Morgan fingerprint density at radius 1 is 1.62 bits per heavy atom. The van der Waals surface area contributed by atoms with Crippen molar-refractivity contribution in [3.8, 4) is 0 Å². The molecule has 0 bridgehead atoms. The van der Waals surface area contributed by atoms with Gasteiger partial charge in [-0.25, -0.2) is 0 Å². The Kier molecular flexibility index (Phi) is 4.15. The average molecular weight is 288 g/mol. The fourth-order valence-electron chi connectivity index (χ4n) is 1.35. The maximum absolute atomic E-state index is 12.0. The summed E-state index contributed by atoms with van der Waals surface area (Å²) >= 11 is 3.36. The molecule has 1 aromatic rings. The average Bonchev–Trinajstić information content (AvgIpc) is 2.59. The van der Waals surface area contributed by atoms with E-state index in [0.29, 0.717) is 12.2 Å². The molecule has 5 heteroatoms. The molecule has 4 nitrogen and oxygen atoms in total. The predicted octanol–water partition coefficient (Wildman–Crippen LogP) is 1.74. The molecular weight excluding hydrogens is 270 g/mol.